The van der Waals surface area contributed by atoms with Crippen molar-refractivity contribution in [3.8, 4) is 5.75 Å². The first kappa shape index (κ1) is 12.6. The van der Waals surface area contributed by atoms with Gasteiger partial charge in [0.25, 0.3) is 5.91 Å². The molecule has 2 aromatic heterocycles. The minimum atomic E-state index is -0.287. The molecule has 0 bridgehead atoms. The standard InChI is InChI=1S/C14H11N3O2S/c18-11-3-1-2-9-4-5-10(17-13(9)11)14(19)16-8-12-15-6-7-20-12/h1-7,18H,8H2,(H,16,19). The number of aromatic nitrogens is 2. The highest BCUT2D eigenvalue weighted by Gasteiger charge is 2.10. The molecule has 20 heavy (non-hydrogen) atoms. The van der Waals surface area contributed by atoms with Crippen LogP contribution in [0, 0.1) is 0 Å². The average Bonchev–Trinajstić information content (AvgIpc) is 2.98. The number of carbonyl (C=O) groups excluding carboxylic acids is 1. The minimum absolute atomic E-state index is 0.0667. The zero-order valence-electron chi connectivity index (χ0n) is 10.4. The lowest BCUT2D eigenvalue weighted by molar-refractivity contribution is 0.0946. The molecule has 0 spiro atoms. The van der Waals surface area contributed by atoms with E-state index in [-0.39, 0.29) is 17.4 Å². The number of carbonyl (C=O) groups is 1. The third kappa shape index (κ3) is 2.46. The van der Waals surface area contributed by atoms with Crippen molar-refractivity contribution < 1.29 is 9.90 Å². The largest absolute Gasteiger partial charge is 0.506 e. The molecular weight excluding hydrogens is 274 g/mol. The number of pyridine rings is 1. The fourth-order valence-electron chi connectivity index (χ4n) is 1.84. The number of fused-ring (bicyclic) bond motifs is 1. The molecule has 6 heteroatoms. The van der Waals surface area contributed by atoms with Crippen LogP contribution in [0.5, 0.6) is 5.75 Å². The molecular formula is C14H11N3O2S. The van der Waals surface area contributed by atoms with Gasteiger partial charge in [0.1, 0.15) is 22.0 Å². The lowest BCUT2D eigenvalue weighted by Gasteiger charge is -2.05. The Kier molecular flexibility index (Phi) is 3.30. The maximum absolute atomic E-state index is 12.0. The summed E-state index contributed by atoms with van der Waals surface area (Å²) < 4.78 is 0. The molecule has 0 fully saturated rings. The van der Waals surface area contributed by atoms with E-state index in [9.17, 15) is 9.90 Å². The highest BCUT2D eigenvalue weighted by molar-refractivity contribution is 7.09. The number of hydrogen-bond acceptors (Lipinski definition) is 5. The van der Waals surface area contributed by atoms with Crippen molar-refractivity contribution in [3.05, 3.63) is 52.6 Å². The molecule has 0 saturated carbocycles. The van der Waals surface area contributed by atoms with Crippen molar-refractivity contribution in [1.29, 1.82) is 0 Å². The molecule has 0 aliphatic carbocycles. The fourth-order valence-corrected chi connectivity index (χ4v) is 2.40. The van der Waals surface area contributed by atoms with E-state index in [1.54, 1.807) is 30.5 Å². The second-order valence-corrected chi connectivity index (χ2v) is 5.13. The lowest BCUT2D eigenvalue weighted by atomic mass is 10.2. The summed E-state index contributed by atoms with van der Waals surface area (Å²) in [7, 11) is 0. The van der Waals surface area contributed by atoms with Crippen LogP contribution < -0.4 is 5.32 Å². The van der Waals surface area contributed by atoms with Crippen LogP contribution in [0.15, 0.2) is 41.9 Å². The molecule has 0 aliphatic rings. The van der Waals surface area contributed by atoms with Crippen LogP contribution >= 0.6 is 11.3 Å². The topological polar surface area (TPSA) is 75.1 Å². The van der Waals surface area contributed by atoms with Gasteiger partial charge in [-0.25, -0.2) is 9.97 Å². The molecule has 0 aliphatic heterocycles. The number of phenols is 1. The van der Waals surface area contributed by atoms with E-state index in [2.05, 4.69) is 15.3 Å². The Morgan fingerprint density at radius 3 is 3.00 bits per heavy atom. The smallest absolute Gasteiger partial charge is 0.270 e. The van der Waals surface area contributed by atoms with Crippen LogP contribution in [0.1, 0.15) is 15.5 Å². The summed E-state index contributed by atoms with van der Waals surface area (Å²) in [6.07, 6.45) is 1.69. The first-order valence-corrected chi connectivity index (χ1v) is 6.87. The van der Waals surface area contributed by atoms with Crippen LogP contribution in [0.2, 0.25) is 0 Å². The monoisotopic (exact) mass is 285 g/mol. The molecule has 2 N–H and O–H groups in total. The number of amides is 1. The zero-order chi connectivity index (χ0) is 13.9. The first-order valence-electron chi connectivity index (χ1n) is 5.99. The van der Waals surface area contributed by atoms with Crippen LogP contribution in [-0.2, 0) is 6.54 Å². The minimum Gasteiger partial charge on any atom is -0.506 e. The normalized spacial score (nSPS) is 10.6. The molecule has 3 rings (SSSR count). The van der Waals surface area contributed by atoms with E-state index in [4.69, 9.17) is 0 Å². The number of rotatable bonds is 3. The van der Waals surface area contributed by atoms with Gasteiger partial charge in [-0.1, -0.05) is 18.2 Å². The second kappa shape index (κ2) is 5.26. The van der Waals surface area contributed by atoms with Gasteiger partial charge in [0, 0.05) is 17.0 Å². The predicted molar refractivity (Wildman–Crippen MR) is 76.7 cm³/mol. The Balaban J connectivity index is 1.82. The summed E-state index contributed by atoms with van der Waals surface area (Å²) in [5.41, 5.74) is 0.699. The summed E-state index contributed by atoms with van der Waals surface area (Å²) in [5, 5.41) is 16.0. The number of nitrogens with one attached hydrogen (secondary N) is 1. The zero-order valence-corrected chi connectivity index (χ0v) is 11.2. The summed E-state index contributed by atoms with van der Waals surface area (Å²) >= 11 is 1.48. The predicted octanol–water partition coefficient (Wildman–Crippen LogP) is 2.33. The van der Waals surface area contributed by atoms with Crippen LogP contribution in [-0.4, -0.2) is 21.0 Å². The molecule has 0 atom stereocenters. The van der Waals surface area contributed by atoms with E-state index < -0.39 is 0 Å². The number of hydrogen-bond donors (Lipinski definition) is 2. The van der Waals surface area contributed by atoms with E-state index in [1.165, 1.54) is 11.3 Å². The lowest BCUT2D eigenvalue weighted by Crippen LogP contribution is -2.23. The Bertz CT molecular complexity index is 756. The van der Waals surface area contributed by atoms with Crippen LogP contribution in [0.3, 0.4) is 0 Å². The van der Waals surface area contributed by atoms with E-state index in [0.29, 0.717) is 12.1 Å². The molecule has 5 nitrogen and oxygen atoms in total. The van der Waals surface area contributed by atoms with Crippen molar-refractivity contribution >= 4 is 28.1 Å². The first-order chi connectivity index (χ1) is 9.74. The summed E-state index contributed by atoms with van der Waals surface area (Å²) in [4.78, 5) is 20.3. The quantitative estimate of drug-likeness (QED) is 0.774. The number of aromatic hydroxyl groups is 1. The van der Waals surface area contributed by atoms with Gasteiger partial charge in [0.15, 0.2) is 0 Å². The van der Waals surface area contributed by atoms with E-state index in [0.717, 1.165) is 10.4 Å². The molecule has 0 saturated heterocycles. The summed E-state index contributed by atoms with van der Waals surface area (Å²) in [6, 6.07) is 8.52. The van der Waals surface area contributed by atoms with Crippen LogP contribution in [0.25, 0.3) is 10.9 Å². The highest BCUT2D eigenvalue weighted by Crippen LogP contribution is 2.22. The molecule has 1 amide bonds. The van der Waals surface area contributed by atoms with Gasteiger partial charge >= 0.3 is 0 Å². The van der Waals surface area contributed by atoms with Crippen molar-refractivity contribution in [2.75, 3.05) is 0 Å². The number of phenolic OH excluding ortho intramolecular Hbond substituents is 1. The van der Waals surface area contributed by atoms with E-state index in [1.807, 2.05) is 11.4 Å². The third-order valence-electron chi connectivity index (χ3n) is 2.82. The highest BCUT2D eigenvalue weighted by atomic mass is 32.1. The molecule has 100 valence electrons. The van der Waals surface area contributed by atoms with Gasteiger partial charge in [-0.15, -0.1) is 11.3 Å². The number of thiazole rings is 1. The SMILES string of the molecule is O=C(NCc1nccs1)c1ccc2cccc(O)c2n1. The molecule has 0 unspecified atom stereocenters. The van der Waals surface area contributed by atoms with Gasteiger partial charge in [-0.3, -0.25) is 4.79 Å². The second-order valence-electron chi connectivity index (χ2n) is 4.15. The van der Waals surface area contributed by atoms with Gasteiger partial charge in [-0.2, -0.15) is 0 Å². The fraction of sp³-hybridized carbons (Fsp3) is 0.0714. The number of para-hydroxylation sites is 1. The van der Waals surface area contributed by atoms with Crippen molar-refractivity contribution in [2.24, 2.45) is 0 Å². The van der Waals surface area contributed by atoms with Gasteiger partial charge in [0.05, 0.1) is 6.54 Å². The Hall–Kier alpha value is -2.47. The maximum Gasteiger partial charge on any atom is 0.270 e. The van der Waals surface area contributed by atoms with E-state index >= 15 is 0 Å². The van der Waals surface area contributed by atoms with Gasteiger partial charge in [-0.05, 0) is 12.1 Å². The van der Waals surface area contributed by atoms with Crippen molar-refractivity contribution in [3.63, 3.8) is 0 Å². The Morgan fingerprint density at radius 1 is 1.30 bits per heavy atom. The molecule has 1 aromatic carbocycles. The van der Waals surface area contributed by atoms with Crippen molar-refractivity contribution in [2.45, 2.75) is 6.54 Å². The summed E-state index contributed by atoms with van der Waals surface area (Å²) in [6.45, 7) is 0.372. The molecule has 0 radical (unpaired) electrons. The third-order valence-corrected chi connectivity index (χ3v) is 3.59. The Morgan fingerprint density at radius 2 is 2.20 bits per heavy atom. The van der Waals surface area contributed by atoms with Gasteiger partial charge in [0.2, 0.25) is 0 Å². The Labute approximate surface area is 118 Å². The molecule has 2 heterocycles. The number of nitrogens with zero attached hydrogens (tertiary/aromatic N) is 2. The van der Waals surface area contributed by atoms with Crippen LogP contribution in [0.4, 0.5) is 0 Å². The van der Waals surface area contributed by atoms with Gasteiger partial charge < -0.3 is 10.4 Å². The summed E-state index contributed by atoms with van der Waals surface area (Å²) in [5.74, 6) is -0.220. The maximum atomic E-state index is 12.0. The van der Waals surface area contributed by atoms with Crippen molar-refractivity contribution in [1.82, 2.24) is 15.3 Å². The molecule has 3 aromatic rings. The average molecular weight is 285 g/mol. The number of benzene rings is 1.